The van der Waals surface area contributed by atoms with Gasteiger partial charge in [0.2, 0.25) is 5.91 Å². The van der Waals surface area contributed by atoms with E-state index in [0.717, 1.165) is 5.56 Å². The van der Waals surface area contributed by atoms with E-state index in [1.54, 1.807) is 11.0 Å². The van der Waals surface area contributed by atoms with E-state index in [1.165, 1.54) is 6.07 Å². The van der Waals surface area contributed by atoms with Crippen LogP contribution in [-0.4, -0.2) is 17.3 Å². The van der Waals surface area contributed by atoms with Gasteiger partial charge < -0.3 is 4.90 Å². The minimum Gasteiger partial charge on any atom is -0.311 e. The van der Waals surface area contributed by atoms with E-state index in [9.17, 15) is 9.18 Å². The molecule has 1 aliphatic heterocycles. The minimum absolute atomic E-state index is 0.0340. The summed E-state index contributed by atoms with van der Waals surface area (Å²) in [6.45, 7) is 2.47. The molecular formula is C11H10Br2FNO. The lowest BCUT2D eigenvalue weighted by Crippen LogP contribution is -2.25. The fourth-order valence-corrected chi connectivity index (χ4v) is 2.85. The van der Waals surface area contributed by atoms with Crippen LogP contribution in [-0.2, 0) is 4.79 Å². The van der Waals surface area contributed by atoms with Gasteiger partial charge in [-0.3, -0.25) is 4.79 Å². The summed E-state index contributed by atoms with van der Waals surface area (Å²) < 4.78 is 13.9. The van der Waals surface area contributed by atoms with Gasteiger partial charge in [0.25, 0.3) is 0 Å². The lowest BCUT2D eigenvalue weighted by molar-refractivity contribution is -0.117. The monoisotopic (exact) mass is 349 g/mol. The van der Waals surface area contributed by atoms with Gasteiger partial charge in [0, 0.05) is 23.5 Å². The number of alkyl halides is 1. The van der Waals surface area contributed by atoms with Crippen LogP contribution in [0.4, 0.5) is 10.1 Å². The van der Waals surface area contributed by atoms with Crippen molar-refractivity contribution in [2.24, 2.45) is 0 Å². The van der Waals surface area contributed by atoms with E-state index in [0.29, 0.717) is 23.1 Å². The Morgan fingerprint density at radius 2 is 2.19 bits per heavy atom. The molecule has 1 aliphatic rings. The second kappa shape index (κ2) is 4.45. The van der Waals surface area contributed by atoms with Crippen molar-refractivity contribution in [1.29, 1.82) is 0 Å². The molecule has 0 bridgehead atoms. The third-order valence-electron chi connectivity index (χ3n) is 2.61. The lowest BCUT2D eigenvalue weighted by Gasteiger charge is -2.19. The molecule has 5 heteroatoms. The number of nitrogens with zero attached hydrogens (tertiary/aromatic N) is 1. The first-order chi connectivity index (χ1) is 7.49. The number of aryl methyl sites for hydroxylation is 1. The maximum Gasteiger partial charge on any atom is 0.228 e. The molecule has 0 N–H and O–H groups in total. The highest BCUT2D eigenvalue weighted by molar-refractivity contribution is 9.10. The van der Waals surface area contributed by atoms with E-state index in [2.05, 4.69) is 31.9 Å². The van der Waals surface area contributed by atoms with Crippen LogP contribution >= 0.6 is 31.9 Å². The first-order valence-corrected chi connectivity index (χ1v) is 6.60. The number of anilines is 1. The van der Waals surface area contributed by atoms with Crippen molar-refractivity contribution >= 4 is 43.5 Å². The third-order valence-corrected chi connectivity index (χ3v) is 3.83. The number of hydrogen-bond acceptors (Lipinski definition) is 1. The molecule has 2 nitrogen and oxygen atoms in total. The molecule has 1 atom stereocenters. The summed E-state index contributed by atoms with van der Waals surface area (Å²) in [5.41, 5.74) is 1.55. The molecule has 16 heavy (non-hydrogen) atoms. The molecule has 1 aromatic rings. The highest BCUT2D eigenvalue weighted by Gasteiger charge is 2.30. The average molecular weight is 351 g/mol. The van der Waals surface area contributed by atoms with E-state index >= 15 is 0 Å². The van der Waals surface area contributed by atoms with Gasteiger partial charge >= 0.3 is 0 Å². The van der Waals surface area contributed by atoms with Crippen LogP contribution < -0.4 is 4.90 Å². The van der Waals surface area contributed by atoms with E-state index < -0.39 is 0 Å². The van der Waals surface area contributed by atoms with Crippen molar-refractivity contribution in [3.8, 4) is 0 Å². The van der Waals surface area contributed by atoms with Crippen molar-refractivity contribution in [2.75, 3.05) is 11.4 Å². The van der Waals surface area contributed by atoms with Crippen molar-refractivity contribution in [1.82, 2.24) is 0 Å². The Balaban J connectivity index is 2.41. The van der Waals surface area contributed by atoms with Gasteiger partial charge in [-0.2, -0.15) is 0 Å². The Bertz CT molecular complexity index is 450. The Kier molecular flexibility index (Phi) is 3.35. The number of amides is 1. The van der Waals surface area contributed by atoms with Crippen molar-refractivity contribution in [3.05, 3.63) is 28.0 Å². The predicted molar refractivity (Wildman–Crippen MR) is 68.5 cm³/mol. The summed E-state index contributed by atoms with van der Waals surface area (Å²) in [6, 6.07) is 3.10. The van der Waals surface area contributed by atoms with Crippen LogP contribution in [0.1, 0.15) is 12.0 Å². The van der Waals surface area contributed by atoms with Crippen LogP contribution in [0.2, 0.25) is 0 Å². The first-order valence-electron chi connectivity index (χ1n) is 4.89. The second-order valence-electron chi connectivity index (χ2n) is 3.86. The number of hydrogen-bond donors (Lipinski definition) is 0. The number of benzene rings is 1. The zero-order valence-corrected chi connectivity index (χ0v) is 11.8. The molecule has 2 rings (SSSR count). The number of halogens is 3. The van der Waals surface area contributed by atoms with Gasteiger partial charge in [0.1, 0.15) is 5.82 Å². The van der Waals surface area contributed by atoms with Crippen molar-refractivity contribution in [2.45, 2.75) is 18.2 Å². The van der Waals surface area contributed by atoms with Crippen LogP contribution in [0.25, 0.3) is 0 Å². The maximum absolute atomic E-state index is 13.4. The van der Waals surface area contributed by atoms with Gasteiger partial charge in [0.05, 0.1) is 4.47 Å². The van der Waals surface area contributed by atoms with Crippen LogP contribution in [0.15, 0.2) is 16.6 Å². The summed E-state index contributed by atoms with van der Waals surface area (Å²) in [5, 5.41) is 0. The quantitative estimate of drug-likeness (QED) is 0.711. The topological polar surface area (TPSA) is 20.3 Å². The molecular weight excluding hydrogens is 341 g/mol. The molecule has 0 aromatic heterocycles. The molecule has 1 unspecified atom stereocenters. The number of carbonyl (C=O) groups is 1. The predicted octanol–water partition coefficient (Wildman–Crippen LogP) is 3.40. The molecule has 1 fully saturated rings. The van der Waals surface area contributed by atoms with Crippen LogP contribution in [0.5, 0.6) is 0 Å². The fourth-order valence-electron chi connectivity index (χ4n) is 1.82. The lowest BCUT2D eigenvalue weighted by atomic mass is 10.2. The molecule has 0 aliphatic carbocycles. The molecule has 86 valence electrons. The zero-order chi connectivity index (χ0) is 11.9. The molecule has 1 aromatic carbocycles. The van der Waals surface area contributed by atoms with Gasteiger partial charge in [0.15, 0.2) is 0 Å². The maximum atomic E-state index is 13.4. The standard InChI is InChI=1S/C11H10Br2FNO/c1-6-2-8(13)9(14)4-10(6)15-5-7(12)3-11(15)16/h2,4,7H,3,5H2,1H3. The Labute approximate surface area is 110 Å². The summed E-state index contributed by atoms with van der Waals surface area (Å²) in [7, 11) is 0. The summed E-state index contributed by atoms with van der Waals surface area (Å²) >= 11 is 6.54. The zero-order valence-electron chi connectivity index (χ0n) is 8.64. The first kappa shape index (κ1) is 12.0. The van der Waals surface area contributed by atoms with E-state index in [4.69, 9.17) is 0 Å². The highest BCUT2D eigenvalue weighted by Crippen LogP contribution is 2.31. The summed E-state index contributed by atoms with van der Waals surface area (Å²) in [6.07, 6.45) is 0.469. The van der Waals surface area contributed by atoms with Gasteiger partial charge in [-0.15, -0.1) is 0 Å². The Morgan fingerprint density at radius 1 is 1.50 bits per heavy atom. The van der Waals surface area contributed by atoms with Crippen LogP contribution in [0, 0.1) is 12.7 Å². The van der Waals surface area contributed by atoms with Gasteiger partial charge in [-0.1, -0.05) is 15.9 Å². The molecule has 0 saturated carbocycles. The molecule has 1 heterocycles. The molecule has 0 radical (unpaired) electrons. The van der Waals surface area contributed by atoms with Gasteiger partial charge in [-0.05, 0) is 40.5 Å². The second-order valence-corrected chi connectivity index (χ2v) is 6.01. The Morgan fingerprint density at radius 3 is 2.75 bits per heavy atom. The van der Waals surface area contributed by atoms with Crippen LogP contribution in [0.3, 0.4) is 0 Å². The van der Waals surface area contributed by atoms with Crippen molar-refractivity contribution < 1.29 is 9.18 Å². The summed E-state index contributed by atoms with van der Waals surface area (Å²) in [5.74, 6) is -0.307. The normalized spacial score (nSPS) is 20.6. The highest BCUT2D eigenvalue weighted by atomic mass is 79.9. The van der Waals surface area contributed by atoms with Crippen molar-refractivity contribution in [3.63, 3.8) is 0 Å². The SMILES string of the molecule is Cc1cc(Br)c(F)cc1N1CC(Br)CC1=O. The largest absolute Gasteiger partial charge is 0.311 e. The van der Waals surface area contributed by atoms with Gasteiger partial charge in [-0.25, -0.2) is 4.39 Å². The van der Waals surface area contributed by atoms with E-state index in [-0.39, 0.29) is 16.6 Å². The average Bonchev–Trinajstić information content (AvgIpc) is 2.51. The summed E-state index contributed by atoms with van der Waals surface area (Å²) in [4.78, 5) is 13.5. The number of rotatable bonds is 1. The minimum atomic E-state index is -0.341. The van der Waals surface area contributed by atoms with E-state index in [1.807, 2.05) is 6.92 Å². The molecule has 1 saturated heterocycles. The number of carbonyl (C=O) groups excluding carboxylic acids is 1. The Hall–Kier alpha value is -0.420. The smallest absolute Gasteiger partial charge is 0.228 e. The third kappa shape index (κ3) is 2.15. The molecule has 0 spiro atoms. The fraction of sp³-hybridized carbons (Fsp3) is 0.364. The molecule has 1 amide bonds.